The van der Waals surface area contributed by atoms with Gasteiger partial charge in [-0.05, 0) is 37.9 Å². The van der Waals surface area contributed by atoms with Crippen LogP contribution in [0.3, 0.4) is 0 Å². The van der Waals surface area contributed by atoms with Crippen LogP contribution in [0.5, 0.6) is 0 Å². The number of benzene rings is 1. The van der Waals surface area contributed by atoms with Gasteiger partial charge >= 0.3 is 0 Å². The third kappa shape index (κ3) is 2.85. The monoisotopic (exact) mass is 236 g/mol. The van der Waals surface area contributed by atoms with E-state index in [0.29, 0.717) is 6.54 Å². The van der Waals surface area contributed by atoms with Crippen LogP contribution in [0.15, 0.2) is 24.3 Å². The molecule has 1 heterocycles. The highest BCUT2D eigenvalue weighted by molar-refractivity contribution is 5.21. The van der Waals surface area contributed by atoms with Crippen LogP contribution >= 0.6 is 0 Å². The SMILES string of the molecule is CC1CCN(C(CN)c2ccccc2F)CC1. The van der Waals surface area contributed by atoms with Crippen molar-refractivity contribution in [3.63, 3.8) is 0 Å². The minimum Gasteiger partial charge on any atom is -0.329 e. The van der Waals surface area contributed by atoms with Crippen molar-refractivity contribution in [1.29, 1.82) is 0 Å². The van der Waals surface area contributed by atoms with Gasteiger partial charge in [-0.15, -0.1) is 0 Å². The molecule has 1 fully saturated rings. The summed E-state index contributed by atoms with van der Waals surface area (Å²) in [6.07, 6.45) is 2.37. The molecule has 2 rings (SSSR count). The molecule has 1 aromatic rings. The zero-order valence-corrected chi connectivity index (χ0v) is 10.4. The number of likely N-dealkylation sites (tertiary alicyclic amines) is 1. The molecule has 0 radical (unpaired) electrons. The molecule has 3 heteroatoms. The molecule has 0 amide bonds. The fourth-order valence-electron chi connectivity index (χ4n) is 2.56. The van der Waals surface area contributed by atoms with E-state index in [-0.39, 0.29) is 11.9 Å². The minimum atomic E-state index is -0.137. The second-order valence-corrected chi connectivity index (χ2v) is 4.99. The third-order valence-electron chi connectivity index (χ3n) is 3.75. The molecule has 1 unspecified atom stereocenters. The number of nitrogens with two attached hydrogens (primary N) is 1. The van der Waals surface area contributed by atoms with Gasteiger partial charge in [0.2, 0.25) is 0 Å². The number of nitrogens with zero attached hydrogens (tertiary/aromatic N) is 1. The number of hydrogen-bond acceptors (Lipinski definition) is 2. The van der Waals surface area contributed by atoms with Gasteiger partial charge in [-0.25, -0.2) is 4.39 Å². The molecule has 0 saturated carbocycles. The van der Waals surface area contributed by atoms with Crippen molar-refractivity contribution in [3.8, 4) is 0 Å². The van der Waals surface area contributed by atoms with E-state index in [1.165, 1.54) is 18.9 Å². The maximum atomic E-state index is 13.8. The largest absolute Gasteiger partial charge is 0.329 e. The van der Waals surface area contributed by atoms with Gasteiger partial charge in [0.15, 0.2) is 0 Å². The average molecular weight is 236 g/mol. The second-order valence-electron chi connectivity index (χ2n) is 4.99. The van der Waals surface area contributed by atoms with E-state index in [4.69, 9.17) is 5.73 Å². The Kier molecular flexibility index (Phi) is 4.13. The zero-order valence-electron chi connectivity index (χ0n) is 10.4. The molecule has 0 spiro atoms. The van der Waals surface area contributed by atoms with E-state index >= 15 is 0 Å². The highest BCUT2D eigenvalue weighted by atomic mass is 19.1. The topological polar surface area (TPSA) is 29.3 Å². The van der Waals surface area contributed by atoms with Crippen molar-refractivity contribution in [2.24, 2.45) is 11.7 Å². The minimum absolute atomic E-state index is 0.0312. The van der Waals surface area contributed by atoms with Gasteiger partial charge < -0.3 is 5.73 Å². The predicted octanol–water partition coefficient (Wildman–Crippen LogP) is 2.56. The van der Waals surface area contributed by atoms with Crippen molar-refractivity contribution in [1.82, 2.24) is 4.90 Å². The molecular weight excluding hydrogens is 215 g/mol. The van der Waals surface area contributed by atoms with Crippen LogP contribution in [0.1, 0.15) is 31.4 Å². The number of halogens is 1. The quantitative estimate of drug-likeness (QED) is 0.874. The Balaban J connectivity index is 2.14. The Morgan fingerprint density at radius 1 is 1.35 bits per heavy atom. The van der Waals surface area contributed by atoms with E-state index in [0.717, 1.165) is 24.6 Å². The molecule has 17 heavy (non-hydrogen) atoms. The number of hydrogen-bond donors (Lipinski definition) is 1. The number of rotatable bonds is 3. The highest BCUT2D eigenvalue weighted by Crippen LogP contribution is 2.27. The Hall–Kier alpha value is -0.930. The molecule has 94 valence electrons. The fourth-order valence-corrected chi connectivity index (χ4v) is 2.56. The van der Waals surface area contributed by atoms with Crippen LogP contribution in [0.4, 0.5) is 4.39 Å². The highest BCUT2D eigenvalue weighted by Gasteiger charge is 2.25. The predicted molar refractivity (Wildman–Crippen MR) is 68.2 cm³/mol. The molecule has 0 aliphatic carbocycles. The van der Waals surface area contributed by atoms with Crippen molar-refractivity contribution >= 4 is 0 Å². The maximum Gasteiger partial charge on any atom is 0.128 e. The van der Waals surface area contributed by atoms with Gasteiger partial charge in [0.05, 0.1) is 0 Å². The normalized spacial score (nSPS) is 20.4. The first-order valence-electron chi connectivity index (χ1n) is 6.41. The standard InChI is InChI=1S/C14H21FN2/c1-11-6-8-17(9-7-11)14(10-16)12-4-2-3-5-13(12)15/h2-5,11,14H,6-10,16H2,1H3. The van der Waals surface area contributed by atoms with Crippen molar-refractivity contribution in [2.45, 2.75) is 25.8 Å². The molecule has 1 aliphatic heterocycles. The van der Waals surface area contributed by atoms with Gasteiger partial charge in [0, 0.05) is 18.2 Å². The average Bonchev–Trinajstić information content (AvgIpc) is 2.35. The lowest BCUT2D eigenvalue weighted by Crippen LogP contribution is -2.39. The van der Waals surface area contributed by atoms with Gasteiger partial charge in [-0.3, -0.25) is 4.90 Å². The summed E-state index contributed by atoms with van der Waals surface area (Å²) < 4.78 is 13.8. The van der Waals surface area contributed by atoms with Crippen LogP contribution in [0.25, 0.3) is 0 Å². The van der Waals surface area contributed by atoms with Crippen LogP contribution < -0.4 is 5.73 Å². The zero-order chi connectivity index (χ0) is 12.3. The fraction of sp³-hybridized carbons (Fsp3) is 0.571. The Morgan fingerprint density at radius 2 is 2.00 bits per heavy atom. The van der Waals surface area contributed by atoms with E-state index in [9.17, 15) is 4.39 Å². The van der Waals surface area contributed by atoms with Crippen LogP contribution in [0.2, 0.25) is 0 Å². The summed E-state index contributed by atoms with van der Waals surface area (Å²) in [7, 11) is 0. The second kappa shape index (κ2) is 5.61. The van der Waals surface area contributed by atoms with Gasteiger partial charge in [0.25, 0.3) is 0 Å². The number of piperidine rings is 1. The molecule has 2 nitrogen and oxygen atoms in total. The third-order valence-corrected chi connectivity index (χ3v) is 3.75. The Morgan fingerprint density at radius 3 is 2.59 bits per heavy atom. The van der Waals surface area contributed by atoms with Gasteiger partial charge in [-0.2, -0.15) is 0 Å². The molecule has 0 aromatic heterocycles. The van der Waals surface area contributed by atoms with Crippen LogP contribution in [0, 0.1) is 11.7 Å². The van der Waals surface area contributed by atoms with E-state index < -0.39 is 0 Å². The van der Waals surface area contributed by atoms with Crippen LogP contribution in [-0.2, 0) is 0 Å². The smallest absolute Gasteiger partial charge is 0.128 e. The lowest BCUT2D eigenvalue weighted by atomic mass is 9.95. The summed E-state index contributed by atoms with van der Waals surface area (Å²) in [5.41, 5.74) is 6.57. The molecule has 2 N–H and O–H groups in total. The summed E-state index contributed by atoms with van der Waals surface area (Å²) in [6, 6.07) is 7.01. The lowest BCUT2D eigenvalue weighted by molar-refractivity contribution is 0.139. The van der Waals surface area contributed by atoms with E-state index in [2.05, 4.69) is 11.8 Å². The first-order valence-corrected chi connectivity index (χ1v) is 6.41. The van der Waals surface area contributed by atoms with E-state index in [1.807, 2.05) is 12.1 Å². The van der Waals surface area contributed by atoms with Gasteiger partial charge in [0.1, 0.15) is 5.82 Å². The Bertz CT molecular complexity index is 359. The molecule has 0 bridgehead atoms. The Labute approximate surface area is 103 Å². The molecule has 1 aromatic carbocycles. The summed E-state index contributed by atoms with van der Waals surface area (Å²) in [5, 5.41) is 0. The molecule has 1 atom stereocenters. The first-order chi connectivity index (χ1) is 8.22. The van der Waals surface area contributed by atoms with Crippen molar-refractivity contribution in [3.05, 3.63) is 35.6 Å². The maximum absolute atomic E-state index is 13.8. The molecule has 1 aliphatic rings. The van der Waals surface area contributed by atoms with Crippen molar-refractivity contribution < 1.29 is 4.39 Å². The summed E-state index contributed by atoms with van der Waals surface area (Å²) in [6.45, 7) is 4.81. The summed E-state index contributed by atoms with van der Waals surface area (Å²) >= 11 is 0. The van der Waals surface area contributed by atoms with Crippen molar-refractivity contribution in [2.75, 3.05) is 19.6 Å². The van der Waals surface area contributed by atoms with E-state index in [1.54, 1.807) is 6.07 Å². The summed E-state index contributed by atoms with van der Waals surface area (Å²) in [4.78, 5) is 2.32. The van der Waals surface area contributed by atoms with Gasteiger partial charge in [-0.1, -0.05) is 25.1 Å². The summed E-state index contributed by atoms with van der Waals surface area (Å²) in [5.74, 6) is 0.645. The lowest BCUT2D eigenvalue weighted by Gasteiger charge is -2.36. The first kappa shape index (κ1) is 12.5. The molecule has 1 saturated heterocycles. The molecular formula is C14H21FN2. The van der Waals surface area contributed by atoms with Crippen LogP contribution in [-0.4, -0.2) is 24.5 Å².